The van der Waals surface area contributed by atoms with Crippen molar-refractivity contribution in [1.82, 2.24) is 29.4 Å². The lowest BCUT2D eigenvalue weighted by molar-refractivity contribution is 0.0689. The molecule has 0 bridgehead atoms. The third kappa shape index (κ3) is 4.37. The molecule has 34 heavy (non-hydrogen) atoms. The predicted octanol–water partition coefficient (Wildman–Crippen LogP) is 1.77. The molecule has 1 aliphatic heterocycles. The van der Waals surface area contributed by atoms with Gasteiger partial charge >= 0.3 is 5.97 Å². The zero-order valence-corrected chi connectivity index (χ0v) is 18.8. The number of carbonyl (C=O) groups excluding carboxylic acids is 1. The molecule has 5 heterocycles. The summed E-state index contributed by atoms with van der Waals surface area (Å²) in [5.74, 6) is -0.906. The number of rotatable bonds is 8. The summed E-state index contributed by atoms with van der Waals surface area (Å²) in [6.45, 7) is 1.58. The summed E-state index contributed by atoms with van der Waals surface area (Å²) < 4.78 is 8.46. The third-order valence-corrected chi connectivity index (χ3v) is 6.67. The van der Waals surface area contributed by atoms with Gasteiger partial charge in [0.1, 0.15) is 24.2 Å². The molecule has 2 atom stereocenters. The van der Waals surface area contributed by atoms with E-state index in [9.17, 15) is 14.7 Å². The Hall–Kier alpha value is -3.77. The van der Waals surface area contributed by atoms with Crippen LogP contribution in [0, 0.1) is 5.92 Å². The van der Waals surface area contributed by atoms with Gasteiger partial charge < -0.3 is 24.1 Å². The van der Waals surface area contributed by atoms with Gasteiger partial charge in [-0.15, -0.1) is 5.10 Å². The summed E-state index contributed by atoms with van der Waals surface area (Å²) in [7, 11) is 0. The highest BCUT2D eigenvalue weighted by Gasteiger charge is 2.36. The molecule has 176 valence electrons. The summed E-state index contributed by atoms with van der Waals surface area (Å²) in [5.41, 5.74) is 2.15. The maximum atomic E-state index is 13.3. The fourth-order valence-corrected chi connectivity index (χ4v) is 5.00. The van der Waals surface area contributed by atoms with E-state index in [1.807, 2.05) is 22.2 Å². The molecule has 0 aromatic carbocycles. The van der Waals surface area contributed by atoms with Crippen LogP contribution in [0.25, 0.3) is 0 Å². The quantitative estimate of drug-likeness (QED) is 0.387. The number of oxazole rings is 1. The molecule has 1 fully saturated rings. The van der Waals surface area contributed by atoms with E-state index in [-0.39, 0.29) is 42.5 Å². The summed E-state index contributed by atoms with van der Waals surface area (Å²) in [4.78, 5) is 29.9. The molecule has 1 amide bonds. The van der Waals surface area contributed by atoms with Crippen LogP contribution in [0.1, 0.15) is 44.0 Å². The van der Waals surface area contributed by atoms with Crippen molar-refractivity contribution >= 4 is 23.2 Å². The molecule has 2 N–H and O–H groups in total. The molecule has 1 aliphatic rings. The molecule has 0 saturated carbocycles. The van der Waals surface area contributed by atoms with Crippen molar-refractivity contribution in [3.63, 3.8) is 0 Å². The number of aromatic nitrogens is 5. The van der Waals surface area contributed by atoms with E-state index in [4.69, 9.17) is 9.52 Å². The van der Waals surface area contributed by atoms with E-state index in [1.165, 1.54) is 4.68 Å². The minimum Gasteiger partial charge on any atom is -0.476 e. The van der Waals surface area contributed by atoms with E-state index in [2.05, 4.69) is 26.7 Å². The minimum absolute atomic E-state index is 0.0127. The van der Waals surface area contributed by atoms with Gasteiger partial charge in [-0.05, 0) is 34.5 Å². The molecule has 5 rings (SSSR count). The monoisotopic (exact) mass is 482 g/mol. The lowest BCUT2D eigenvalue weighted by Gasteiger charge is -2.17. The maximum Gasteiger partial charge on any atom is 0.357 e. The Morgan fingerprint density at radius 3 is 2.85 bits per heavy atom. The van der Waals surface area contributed by atoms with Gasteiger partial charge in [-0.25, -0.2) is 14.5 Å². The van der Waals surface area contributed by atoms with Crippen LogP contribution in [-0.4, -0.2) is 71.2 Å². The highest BCUT2D eigenvalue weighted by molar-refractivity contribution is 7.08. The second kappa shape index (κ2) is 9.23. The molecule has 0 spiro atoms. The highest BCUT2D eigenvalue weighted by Crippen LogP contribution is 2.34. The molecule has 0 unspecified atom stereocenters. The number of carboxylic acid groups (broad SMARTS) is 1. The summed E-state index contributed by atoms with van der Waals surface area (Å²) >= 11 is 1.61. The zero-order chi connectivity index (χ0) is 23.7. The first kappa shape index (κ1) is 22.0. The fraction of sp³-hybridized carbons (Fsp3) is 0.318. The van der Waals surface area contributed by atoms with Crippen LogP contribution in [0.15, 0.2) is 52.0 Å². The second-order valence-corrected chi connectivity index (χ2v) is 8.96. The number of amides is 1. The fourth-order valence-electron chi connectivity index (χ4n) is 4.28. The van der Waals surface area contributed by atoms with Crippen molar-refractivity contribution in [3.8, 4) is 0 Å². The molecule has 4 aromatic heterocycles. The van der Waals surface area contributed by atoms with Crippen LogP contribution in [0.3, 0.4) is 0 Å². The molecule has 0 aliphatic carbocycles. The van der Waals surface area contributed by atoms with Crippen LogP contribution in [0.4, 0.5) is 0 Å². The third-order valence-electron chi connectivity index (χ3n) is 5.97. The van der Waals surface area contributed by atoms with Crippen LogP contribution in [-0.2, 0) is 13.1 Å². The number of aliphatic hydroxyl groups is 1. The number of likely N-dealkylation sites (tertiary alicyclic amines) is 1. The first-order chi connectivity index (χ1) is 16.5. The van der Waals surface area contributed by atoms with Gasteiger partial charge in [0.05, 0.1) is 12.7 Å². The van der Waals surface area contributed by atoms with Crippen LogP contribution >= 0.6 is 11.3 Å². The zero-order valence-electron chi connectivity index (χ0n) is 18.0. The van der Waals surface area contributed by atoms with E-state index < -0.39 is 5.97 Å². The topological polar surface area (TPSA) is 140 Å². The van der Waals surface area contributed by atoms with Gasteiger partial charge in [-0.1, -0.05) is 5.21 Å². The Bertz CT molecular complexity index is 1290. The van der Waals surface area contributed by atoms with Crippen LogP contribution in [0.5, 0.6) is 0 Å². The lowest BCUT2D eigenvalue weighted by Crippen LogP contribution is -2.31. The van der Waals surface area contributed by atoms with Crippen LogP contribution in [0.2, 0.25) is 0 Å². The average Bonchev–Trinajstić information content (AvgIpc) is 3.64. The molecule has 12 heteroatoms. The Labute approximate surface area is 197 Å². The van der Waals surface area contributed by atoms with Gasteiger partial charge in [0.25, 0.3) is 5.91 Å². The number of nitrogens with zero attached hydrogens (tertiary/aromatic N) is 6. The number of carbonyl (C=O) groups is 2. The second-order valence-electron chi connectivity index (χ2n) is 8.18. The standard InChI is InChI=1S/C22H22N6O5S/c29-11-15-6-27(9-17(15)14-3-5-34-13-14)21(30)19-2-1-4-26(19)7-16-8-28(25-24-16)10-20-23-18(12-33-20)22(31)32/h1-5,8,12-13,15,17,29H,6-7,9-11H2,(H,31,32)/t15-,17-/m0/s1. The number of thiophene rings is 1. The van der Waals surface area contributed by atoms with Crippen molar-refractivity contribution in [2.75, 3.05) is 19.7 Å². The Balaban J connectivity index is 1.26. The number of hydrogen-bond donors (Lipinski definition) is 2. The Morgan fingerprint density at radius 2 is 2.12 bits per heavy atom. The maximum absolute atomic E-state index is 13.3. The highest BCUT2D eigenvalue weighted by atomic mass is 32.1. The lowest BCUT2D eigenvalue weighted by atomic mass is 9.92. The average molecular weight is 483 g/mol. The summed E-state index contributed by atoms with van der Waals surface area (Å²) in [6, 6.07) is 5.64. The van der Waals surface area contributed by atoms with E-state index in [1.54, 1.807) is 28.5 Å². The van der Waals surface area contributed by atoms with Gasteiger partial charge in [-0.3, -0.25) is 4.79 Å². The van der Waals surface area contributed by atoms with E-state index in [0.29, 0.717) is 31.0 Å². The smallest absolute Gasteiger partial charge is 0.357 e. The van der Waals surface area contributed by atoms with Gasteiger partial charge in [0.2, 0.25) is 5.89 Å². The van der Waals surface area contributed by atoms with Crippen LogP contribution < -0.4 is 0 Å². The Morgan fingerprint density at radius 1 is 1.24 bits per heavy atom. The first-order valence-electron chi connectivity index (χ1n) is 10.7. The summed E-state index contributed by atoms with van der Waals surface area (Å²) in [6.07, 6.45) is 4.59. The first-order valence-corrected chi connectivity index (χ1v) is 11.6. The number of carboxylic acids is 1. The van der Waals surface area contributed by atoms with E-state index >= 15 is 0 Å². The van der Waals surface area contributed by atoms with Gasteiger partial charge in [-0.2, -0.15) is 11.3 Å². The predicted molar refractivity (Wildman–Crippen MR) is 120 cm³/mol. The van der Waals surface area contributed by atoms with Crippen molar-refractivity contribution in [2.24, 2.45) is 5.92 Å². The number of hydrogen-bond acceptors (Lipinski definition) is 8. The molecule has 11 nitrogen and oxygen atoms in total. The molecule has 0 radical (unpaired) electrons. The van der Waals surface area contributed by atoms with Gasteiger partial charge in [0.15, 0.2) is 5.69 Å². The number of aliphatic hydroxyl groups excluding tert-OH is 1. The SMILES string of the molecule is O=C(O)c1coc(Cn2cc(Cn3cccc3C(=O)N3C[C@@H](CO)[C@H](c4ccsc4)C3)nn2)n1. The van der Waals surface area contributed by atoms with E-state index in [0.717, 1.165) is 11.8 Å². The van der Waals surface area contributed by atoms with Crippen molar-refractivity contribution in [1.29, 1.82) is 0 Å². The number of aromatic carboxylic acids is 1. The summed E-state index contributed by atoms with van der Waals surface area (Å²) in [5, 5.41) is 31.1. The minimum atomic E-state index is -1.16. The molecule has 4 aromatic rings. The molecule has 1 saturated heterocycles. The van der Waals surface area contributed by atoms with Crippen molar-refractivity contribution in [3.05, 3.63) is 76.2 Å². The molecular formula is C22H22N6O5S. The largest absolute Gasteiger partial charge is 0.476 e. The normalized spacial score (nSPS) is 18.0. The molecular weight excluding hydrogens is 460 g/mol. The van der Waals surface area contributed by atoms with Gasteiger partial charge in [0, 0.05) is 37.7 Å². The Kier molecular flexibility index (Phi) is 5.99. The van der Waals surface area contributed by atoms with Crippen molar-refractivity contribution < 1.29 is 24.2 Å². The van der Waals surface area contributed by atoms with Crippen molar-refractivity contribution in [2.45, 2.75) is 19.0 Å².